The molecule has 21 heavy (non-hydrogen) atoms. The molecule has 1 N–H and O–H groups in total. The van der Waals surface area contributed by atoms with Gasteiger partial charge in [-0.2, -0.15) is 0 Å². The first-order valence-corrected chi connectivity index (χ1v) is 8.16. The molecule has 0 radical (unpaired) electrons. The summed E-state index contributed by atoms with van der Waals surface area (Å²) in [5.41, 5.74) is 1.11. The molecule has 3 nitrogen and oxygen atoms in total. The summed E-state index contributed by atoms with van der Waals surface area (Å²) in [5.74, 6) is 0.956. The highest BCUT2D eigenvalue weighted by Crippen LogP contribution is 2.29. The number of nitrogens with one attached hydrogen (secondary N) is 1. The SMILES string of the molecule is CCNC(Cc1ccccc1OC)C(CC)(CC)OCC. The molecule has 120 valence electrons. The summed E-state index contributed by atoms with van der Waals surface area (Å²) in [4.78, 5) is 0. The van der Waals surface area contributed by atoms with Gasteiger partial charge in [-0.15, -0.1) is 0 Å². The van der Waals surface area contributed by atoms with Crippen LogP contribution in [0, 0.1) is 0 Å². The van der Waals surface area contributed by atoms with E-state index in [2.05, 4.69) is 45.1 Å². The summed E-state index contributed by atoms with van der Waals surface area (Å²) < 4.78 is 11.7. The van der Waals surface area contributed by atoms with E-state index in [9.17, 15) is 0 Å². The van der Waals surface area contributed by atoms with E-state index in [1.54, 1.807) is 7.11 Å². The number of hydrogen-bond acceptors (Lipinski definition) is 3. The minimum atomic E-state index is -0.119. The Bertz CT molecular complexity index is 402. The lowest BCUT2D eigenvalue weighted by Gasteiger charge is -2.40. The summed E-state index contributed by atoms with van der Waals surface area (Å²) in [6.07, 6.45) is 2.92. The number of ether oxygens (including phenoxy) is 2. The smallest absolute Gasteiger partial charge is 0.122 e. The van der Waals surface area contributed by atoms with Crippen LogP contribution in [0.3, 0.4) is 0 Å². The van der Waals surface area contributed by atoms with E-state index in [-0.39, 0.29) is 11.6 Å². The largest absolute Gasteiger partial charge is 0.496 e. The second kappa shape index (κ2) is 9.06. The highest BCUT2D eigenvalue weighted by atomic mass is 16.5. The van der Waals surface area contributed by atoms with Crippen LogP contribution in [-0.2, 0) is 11.2 Å². The van der Waals surface area contributed by atoms with Crippen molar-refractivity contribution in [1.29, 1.82) is 0 Å². The second-order valence-electron chi connectivity index (χ2n) is 5.33. The standard InChI is InChI=1S/C18H31NO2/c1-6-18(7-2,21-9-4)17(19-8-3)14-15-12-10-11-13-16(15)20-5/h10-13,17,19H,6-9,14H2,1-5H3. The van der Waals surface area contributed by atoms with Gasteiger partial charge in [0, 0.05) is 12.6 Å². The van der Waals surface area contributed by atoms with Gasteiger partial charge in [0.1, 0.15) is 5.75 Å². The second-order valence-corrected chi connectivity index (χ2v) is 5.33. The lowest BCUT2D eigenvalue weighted by atomic mass is 9.84. The third-order valence-electron chi connectivity index (χ3n) is 4.33. The van der Waals surface area contributed by atoms with E-state index >= 15 is 0 Å². The van der Waals surface area contributed by atoms with Crippen LogP contribution in [0.5, 0.6) is 5.75 Å². The van der Waals surface area contributed by atoms with Gasteiger partial charge in [-0.1, -0.05) is 39.0 Å². The molecule has 1 atom stereocenters. The van der Waals surface area contributed by atoms with Gasteiger partial charge < -0.3 is 14.8 Å². The van der Waals surface area contributed by atoms with E-state index in [0.29, 0.717) is 0 Å². The van der Waals surface area contributed by atoms with Crippen molar-refractivity contribution in [3.63, 3.8) is 0 Å². The fourth-order valence-corrected chi connectivity index (χ4v) is 3.12. The molecule has 1 rings (SSSR count). The zero-order valence-electron chi connectivity index (χ0n) is 14.2. The van der Waals surface area contributed by atoms with E-state index in [1.807, 2.05) is 12.1 Å². The number of likely N-dealkylation sites (N-methyl/N-ethyl adjacent to an activating group) is 1. The molecule has 1 unspecified atom stereocenters. The van der Waals surface area contributed by atoms with Crippen molar-refractivity contribution in [1.82, 2.24) is 5.32 Å². The first-order chi connectivity index (χ1) is 10.2. The van der Waals surface area contributed by atoms with Crippen molar-refractivity contribution in [2.45, 2.75) is 58.6 Å². The van der Waals surface area contributed by atoms with Crippen molar-refractivity contribution in [2.75, 3.05) is 20.3 Å². The van der Waals surface area contributed by atoms with Crippen LogP contribution in [0.2, 0.25) is 0 Å². The van der Waals surface area contributed by atoms with Gasteiger partial charge in [-0.3, -0.25) is 0 Å². The van der Waals surface area contributed by atoms with Crippen LogP contribution in [0.25, 0.3) is 0 Å². The van der Waals surface area contributed by atoms with Gasteiger partial charge in [0.2, 0.25) is 0 Å². The van der Waals surface area contributed by atoms with Gasteiger partial charge >= 0.3 is 0 Å². The van der Waals surface area contributed by atoms with E-state index in [0.717, 1.165) is 38.2 Å². The maximum absolute atomic E-state index is 6.19. The first kappa shape index (κ1) is 18.0. The van der Waals surface area contributed by atoms with Gasteiger partial charge in [0.15, 0.2) is 0 Å². The van der Waals surface area contributed by atoms with E-state index in [1.165, 1.54) is 5.56 Å². The van der Waals surface area contributed by atoms with E-state index in [4.69, 9.17) is 9.47 Å². The topological polar surface area (TPSA) is 30.5 Å². The Hall–Kier alpha value is -1.06. The third-order valence-corrected chi connectivity index (χ3v) is 4.33. The predicted molar refractivity (Wildman–Crippen MR) is 89.1 cm³/mol. The minimum absolute atomic E-state index is 0.119. The summed E-state index contributed by atoms with van der Waals surface area (Å²) >= 11 is 0. The molecule has 0 aliphatic heterocycles. The predicted octanol–water partition coefficient (Wildman–Crippen LogP) is 3.81. The van der Waals surface area contributed by atoms with Crippen molar-refractivity contribution in [3.8, 4) is 5.75 Å². The Balaban J connectivity index is 3.04. The van der Waals surface area contributed by atoms with Crippen LogP contribution in [-0.4, -0.2) is 31.9 Å². The molecule has 0 amide bonds. The molecule has 0 saturated heterocycles. The monoisotopic (exact) mass is 293 g/mol. The van der Waals surface area contributed by atoms with Crippen LogP contribution < -0.4 is 10.1 Å². The molecule has 1 aromatic carbocycles. The Morgan fingerprint density at radius 1 is 1.10 bits per heavy atom. The molecule has 0 saturated carbocycles. The Kier molecular flexibility index (Phi) is 7.76. The molecule has 1 aromatic rings. The fourth-order valence-electron chi connectivity index (χ4n) is 3.12. The molecule has 0 fully saturated rings. The highest BCUT2D eigenvalue weighted by Gasteiger charge is 2.36. The Morgan fingerprint density at radius 2 is 1.76 bits per heavy atom. The average molecular weight is 293 g/mol. The van der Waals surface area contributed by atoms with Crippen LogP contribution in [0.15, 0.2) is 24.3 Å². The van der Waals surface area contributed by atoms with E-state index < -0.39 is 0 Å². The first-order valence-electron chi connectivity index (χ1n) is 8.16. The minimum Gasteiger partial charge on any atom is -0.496 e. The maximum Gasteiger partial charge on any atom is 0.122 e. The molecule has 0 aromatic heterocycles. The average Bonchev–Trinajstić information content (AvgIpc) is 2.53. The van der Waals surface area contributed by atoms with Gasteiger partial charge in [0.25, 0.3) is 0 Å². The molecule has 3 heteroatoms. The highest BCUT2D eigenvalue weighted by molar-refractivity contribution is 5.34. The summed E-state index contributed by atoms with van der Waals surface area (Å²) in [6, 6.07) is 8.54. The number of para-hydroxylation sites is 1. The summed E-state index contributed by atoms with van der Waals surface area (Å²) in [6.45, 7) is 10.3. The van der Waals surface area contributed by atoms with Crippen LogP contribution in [0.1, 0.15) is 46.1 Å². The Labute approximate surface area is 130 Å². The summed E-state index contributed by atoms with van der Waals surface area (Å²) in [5, 5.41) is 3.63. The van der Waals surface area contributed by atoms with Crippen LogP contribution >= 0.6 is 0 Å². The van der Waals surface area contributed by atoms with Crippen LogP contribution in [0.4, 0.5) is 0 Å². The lowest BCUT2D eigenvalue weighted by molar-refractivity contribution is -0.0716. The zero-order valence-corrected chi connectivity index (χ0v) is 14.2. The quantitative estimate of drug-likeness (QED) is 0.711. The maximum atomic E-state index is 6.19. The van der Waals surface area contributed by atoms with Gasteiger partial charge in [-0.25, -0.2) is 0 Å². The zero-order chi connectivity index (χ0) is 15.7. The van der Waals surface area contributed by atoms with Crippen molar-refractivity contribution in [2.24, 2.45) is 0 Å². The molecule has 0 aliphatic carbocycles. The van der Waals surface area contributed by atoms with Gasteiger partial charge in [-0.05, 0) is 44.4 Å². The molecular weight excluding hydrogens is 262 g/mol. The molecule has 0 bridgehead atoms. The van der Waals surface area contributed by atoms with Crippen molar-refractivity contribution in [3.05, 3.63) is 29.8 Å². The molecule has 0 aliphatic rings. The molecular formula is C18H31NO2. The summed E-state index contributed by atoms with van der Waals surface area (Å²) in [7, 11) is 1.73. The van der Waals surface area contributed by atoms with Crippen molar-refractivity contribution >= 4 is 0 Å². The lowest BCUT2D eigenvalue weighted by Crippen LogP contribution is -2.53. The number of rotatable bonds is 10. The number of benzene rings is 1. The van der Waals surface area contributed by atoms with Crippen molar-refractivity contribution < 1.29 is 9.47 Å². The fraction of sp³-hybridized carbons (Fsp3) is 0.667. The Morgan fingerprint density at radius 3 is 2.29 bits per heavy atom. The van der Waals surface area contributed by atoms with Gasteiger partial charge in [0.05, 0.1) is 12.7 Å². The third kappa shape index (κ3) is 4.45. The molecule has 0 spiro atoms. The molecule has 0 heterocycles. The number of hydrogen-bond donors (Lipinski definition) is 1. The normalized spacial score (nSPS) is 13.2. The number of methoxy groups -OCH3 is 1.